The van der Waals surface area contributed by atoms with Gasteiger partial charge in [-0.05, 0) is 64.7 Å². The fourth-order valence-corrected chi connectivity index (χ4v) is 6.04. The summed E-state index contributed by atoms with van der Waals surface area (Å²) in [5.41, 5.74) is 7.73. The summed E-state index contributed by atoms with van der Waals surface area (Å²) in [4.78, 5) is 13.2. The number of nitrogen functional groups attached to an aromatic ring is 1. The van der Waals surface area contributed by atoms with Crippen molar-refractivity contribution in [1.82, 2.24) is 5.32 Å². The first-order valence-electron chi connectivity index (χ1n) is 9.16. The first kappa shape index (κ1) is 20.3. The number of rotatable bonds is 5. The molecule has 1 fully saturated rings. The van der Waals surface area contributed by atoms with Crippen molar-refractivity contribution in [3.05, 3.63) is 70.2 Å². The molecule has 150 valence electrons. The summed E-state index contributed by atoms with van der Waals surface area (Å²) in [7, 11) is -1.39. The van der Waals surface area contributed by atoms with Gasteiger partial charge in [-0.25, -0.2) is 0 Å². The maximum atomic E-state index is 13.2. The normalized spacial score (nSPS) is 16.3. The lowest BCUT2D eigenvalue weighted by Crippen LogP contribution is -2.26. The highest BCUT2D eigenvalue weighted by atomic mass is 35.5. The maximum absolute atomic E-state index is 13.2. The molecule has 1 aliphatic heterocycles. The Labute approximate surface area is 179 Å². The summed E-state index contributed by atoms with van der Waals surface area (Å²) in [5.74, 6) is -0.169. The number of fused-ring (bicyclic) bond motifs is 1. The molecule has 1 aromatic heterocycles. The average Bonchev–Trinajstić information content (AvgIpc) is 3.12. The molecule has 8 heteroatoms. The molecule has 1 aliphatic rings. The Morgan fingerprint density at radius 3 is 2.86 bits per heavy atom. The third kappa shape index (κ3) is 4.80. The van der Waals surface area contributed by atoms with Crippen LogP contribution in [0.1, 0.15) is 23.2 Å². The quantitative estimate of drug-likeness (QED) is 0.388. The van der Waals surface area contributed by atoms with Crippen LogP contribution in [0, 0.1) is 0 Å². The number of hydrogen-bond donors (Lipinski definition) is 2. The van der Waals surface area contributed by atoms with Gasteiger partial charge in [0, 0.05) is 21.6 Å². The molecule has 0 aliphatic carbocycles. The molecule has 1 atom stereocenters. The van der Waals surface area contributed by atoms with Gasteiger partial charge in [-0.15, -0.1) is 11.3 Å². The molecular formula is C21H20ClN2O3PS. The molecule has 0 radical (unpaired) electrons. The fourth-order valence-electron chi connectivity index (χ4n) is 3.10. The molecule has 3 aromatic rings. The molecule has 1 saturated heterocycles. The second-order valence-electron chi connectivity index (χ2n) is 6.55. The van der Waals surface area contributed by atoms with E-state index in [0.29, 0.717) is 23.9 Å². The monoisotopic (exact) mass is 446 g/mol. The van der Waals surface area contributed by atoms with E-state index in [1.165, 1.54) is 0 Å². The van der Waals surface area contributed by atoms with Gasteiger partial charge in [0.05, 0.1) is 13.2 Å². The number of carbonyl (C=O) groups excluding carboxylic acids is 1. The average molecular weight is 447 g/mol. The van der Waals surface area contributed by atoms with E-state index in [9.17, 15) is 4.79 Å². The fraction of sp³-hybridized carbons (Fsp3) is 0.190. The van der Waals surface area contributed by atoms with Crippen LogP contribution in [0.3, 0.4) is 0 Å². The summed E-state index contributed by atoms with van der Waals surface area (Å²) >= 11 is 7.79. The minimum atomic E-state index is -1.39. The number of amides is 1. The van der Waals surface area contributed by atoms with E-state index in [0.717, 1.165) is 27.6 Å². The number of benzene rings is 2. The van der Waals surface area contributed by atoms with E-state index in [1.807, 2.05) is 53.9 Å². The molecule has 2 heterocycles. The highest BCUT2D eigenvalue weighted by Gasteiger charge is 2.35. The number of hydrogen-bond acceptors (Lipinski definition) is 5. The van der Waals surface area contributed by atoms with Gasteiger partial charge in [-0.1, -0.05) is 23.7 Å². The van der Waals surface area contributed by atoms with Crippen LogP contribution in [-0.4, -0.2) is 19.1 Å². The maximum Gasteiger partial charge on any atom is 0.240 e. The topological polar surface area (TPSA) is 73.6 Å². The van der Waals surface area contributed by atoms with Crippen molar-refractivity contribution < 1.29 is 13.8 Å². The summed E-state index contributed by atoms with van der Waals surface area (Å²) < 4.78 is 12.8. The van der Waals surface area contributed by atoms with Crippen LogP contribution < -0.4 is 11.1 Å². The third-order valence-electron chi connectivity index (χ3n) is 4.46. The van der Waals surface area contributed by atoms with E-state index >= 15 is 0 Å². The molecule has 4 rings (SSSR count). The highest BCUT2D eigenvalue weighted by molar-refractivity contribution is 7.49. The summed E-state index contributed by atoms with van der Waals surface area (Å²) in [6.07, 6.45) is 4.27. The standard InChI is InChI=1S/C21H20ClN2O3PS/c22-15-5-6-19-17(12-15)18(13-29-19)20(28-26-9-2-10-27-28)21(25)24-8-7-14-3-1-4-16(23)11-14/h1,3-8,11-13,20H,2,9-10,23H2,(H,24,25). The van der Waals surface area contributed by atoms with Crippen LogP contribution >= 0.6 is 31.3 Å². The molecule has 2 aromatic carbocycles. The van der Waals surface area contributed by atoms with Gasteiger partial charge in [-0.2, -0.15) is 0 Å². The number of carbonyl (C=O) groups is 1. The Hall–Kier alpha value is -1.95. The zero-order valence-electron chi connectivity index (χ0n) is 15.5. The van der Waals surface area contributed by atoms with Gasteiger partial charge < -0.3 is 20.1 Å². The zero-order valence-corrected chi connectivity index (χ0v) is 18.0. The lowest BCUT2D eigenvalue weighted by atomic mass is 10.1. The third-order valence-corrected chi connectivity index (χ3v) is 7.48. The Kier molecular flexibility index (Phi) is 6.48. The minimum Gasteiger partial charge on any atom is -0.399 e. The highest BCUT2D eigenvalue weighted by Crippen LogP contribution is 2.56. The van der Waals surface area contributed by atoms with Gasteiger partial charge >= 0.3 is 0 Å². The van der Waals surface area contributed by atoms with Crippen LogP contribution in [0.25, 0.3) is 16.2 Å². The number of thiophene rings is 1. The first-order chi connectivity index (χ1) is 14.1. The van der Waals surface area contributed by atoms with Gasteiger partial charge in [0.2, 0.25) is 5.91 Å². The first-order valence-corrected chi connectivity index (χ1v) is 11.7. The second-order valence-corrected chi connectivity index (χ2v) is 9.50. The molecule has 0 spiro atoms. The van der Waals surface area contributed by atoms with Crippen LogP contribution in [0.15, 0.2) is 54.0 Å². The molecule has 3 N–H and O–H groups in total. The van der Waals surface area contributed by atoms with Gasteiger partial charge in [0.25, 0.3) is 0 Å². The lowest BCUT2D eigenvalue weighted by Gasteiger charge is -2.28. The molecule has 1 amide bonds. The van der Waals surface area contributed by atoms with Crippen LogP contribution in [0.4, 0.5) is 5.69 Å². The Morgan fingerprint density at radius 2 is 2.07 bits per heavy atom. The predicted molar refractivity (Wildman–Crippen MR) is 121 cm³/mol. The van der Waals surface area contributed by atoms with Gasteiger partial charge in [0.1, 0.15) is 5.66 Å². The number of halogens is 1. The van der Waals surface area contributed by atoms with Crippen molar-refractivity contribution in [2.75, 3.05) is 18.9 Å². The minimum absolute atomic E-state index is 0.169. The Balaban J connectivity index is 1.61. The largest absolute Gasteiger partial charge is 0.399 e. The van der Waals surface area contributed by atoms with Crippen molar-refractivity contribution in [2.24, 2.45) is 0 Å². The van der Waals surface area contributed by atoms with E-state index in [2.05, 4.69) is 5.32 Å². The van der Waals surface area contributed by atoms with Crippen molar-refractivity contribution in [3.63, 3.8) is 0 Å². The zero-order chi connectivity index (χ0) is 20.2. The molecule has 1 unspecified atom stereocenters. The molecule has 0 saturated carbocycles. The van der Waals surface area contributed by atoms with Gasteiger partial charge in [0.15, 0.2) is 8.38 Å². The van der Waals surface area contributed by atoms with Crippen LogP contribution in [0.5, 0.6) is 0 Å². The number of nitrogens with one attached hydrogen (secondary N) is 1. The van der Waals surface area contributed by atoms with Gasteiger partial charge in [-0.3, -0.25) is 4.79 Å². The summed E-state index contributed by atoms with van der Waals surface area (Å²) in [5, 5.41) is 6.48. The second kappa shape index (κ2) is 9.24. The van der Waals surface area contributed by atoms with Crippen molar-refractivity contribution in [2.45, 2.75) is 12.1 Å². The number of nitrogens with two attached hydrogens (primary N) is 1. The molecular weight excluding hydrogens is 427 g/mol. The smallest absolute Gasteiger partial charge is 0.240 e. The predicted octanol–water partition coefficient (Wildman–Crippen LogP) is 5.71. The van der Waals surface area contributed by atoms with Crippen molar-refractivity contribution in [3.8, 4) is 0 Å². The molecule has 5 nitrogen and oxygen atoms in total. The molecule has 29 heavy (non-hydrogen) atoms. The van der Waals surface area contributed by atoms with E-state index < -0.39 is 14.0 Å². The van der Waals surface area contributed by atoms with E-state index in [4.69, 9.17) is 26.4 Å². The lowest BCUT2D eigenvalue weighted by molar-refractivity contribution is -0.120. The van der Waals surface area contributed by atoms with E-state index in [1.54, 1.807) is 17.5 Å². The van der Waals surface area contributed by atoms with Crippen LogP contribution in [-0.2, 0) is 13.8 Å². The van der Waals surface area contributed by atoms with Crippen LogP contribution in [0.2, 0.25) is 5.02 Å². The van der Waals surface area contributed by atoms with Crippen molar-refractivity contribution >= 4 is 59.1 Å². The van der Waals surface area contributed by atoms with Crippen molar-refractivity contribution in [1.29, 1.82) is 0 Å². The summed E-state index contributed by atoms with van der Waals surface area (Å²) in [6.45, 7) is 1.19. The van der Waals surface area contributed by atoms with E-state index in [-0.39, 0.29) is 5.91 Å². The SMILES string of the molecule is Nc1cccc(C=CNC(=O)C(c2csc3ccc(Cl)cc23)P2OCCCO2)c1. The summed E-state index contributed by atoms with van der Waals surface area (Å²) in [6, 6.07) is 13.2. The Morgan fingerprint density at radius 1 is 1.24 bits per heavy atom. The molecule has 0 bridgehead atoms. The number of anilines is 1. The Bertz CT molecular complexity index is 1050.